The van der Waals surface area contributed by atoms with Gasteiger partial charge in [0, 0.05) is 23.9 Å². The maximum atomic E-state index is 13.9. The number of nitrogens with zero attached hydrogens (tertiary/aromatic N) is 4. The number of carbonyl (C=O) groups excluding carboxylic acids is 1. The molecule has 0 unspecified atom stereocenters. The lowest BCUT2D eigenvalue weighted by molar-refractivity contribution is 0.102. The number of anilines is 1. The van der Waals surface area contributed by atoms with Crippen LogP contribution in [0.15, 0.2) is 47.1 Å². The van der Waals surface area contributed by atoms with Gasteiger partial charge in [-0.1, -0.05) is 12.1 Å². The standard InChI is InChI=1S/C23H18BrF4N5O/c1-12-20(24)13(2)33(30-12)10-14-4-3-5-15(8-14)23(34)29-19-6-7-32(31-19)11-16-21(27)17(25)9-18(26)22(16)28/h3-9H,10-11H2,1-2H3,(H,29,31,34). The van der Waals surface area contributed by atoms with Crippen LogP contribution in [0.1, 0.15) is 32.9 Å². The fourth-order valence-corrected chi connectivity index (χ4v) is 3.73. The molecule has 0 fully saturated rings. The summed E-state index contributed by atoms with van der Waals surface area (Å²) in [5, 5.41) is 11.1. The molecule has 0 aliphatic rings. The van der Waals surface area contributed by atoms with Crippen molar-refractivity contribution in [3.05, 3.63) is 98.4 Å². The predicted molar refractivity (Wildman–Crippen MR) is 121 cm³/mol. The Morgan fingerprint density at radius 1 is 1.00 bits per heavy atom. The molecule has 0 bridgehead atoms. The number of nitrogens with one attached hydrogen (secondary N) is 1. The van der Waals surface area contributed by atoms with Gasteiger partial charge in [0.05, 0.1) is 34.5 Å². The first-order valence-electron chi connectivity index (χ1n) is 10.1. The zero-order chi connectivity index (χ0) is 24.6. The molecule has 11 heteroatoms. The molecule has 4 aromatic rings. The van der Waals surface area contributed by atoms with Crippen molar-refractivity contribution in [3.63, 3.8) is 0 Å². The van der Waals surface area contributed by atoms with Crippen LogP contribution in [0.4, 0.5) is 23.4 Å². The molecule has 6 nitrogen and oxygen atoms in total. The molecule has 2 aromatic carbocycles. The summed E-state index contributed by atoms with van der Waals surface area (Å²) in [6.45, 7) is 3.74. The predicted octanol–water partition coefficient (Wildman–Crippen LogP) is 5.36. The molecule has 0 saturated carbocycles. The maximum Gasteiger partial charge on any atom is 0.256 e. The molecule has 1 amide bonds. The van der Waals surface area contributed by atoms with Crippen molar-refractivity contribution in [1.82, 2.24) is 19.6 Å². The smallest absolute Gasteiger partial charge is 0.256 e. The zero-order valence-corrected chi connectivity index (χ0v) is 19.6. The van der Waals surface area contributed by atoms with Crippen molar-refractivity contribution in [2.24, 2.45) is 0 Å². The highest BCUT2D eigenvalue weighted by Gasteiger charge is 2.20. The van der Waals surface area contributed by atoms with E-state index in [1.807, 2.05) is 24.6 Å². The van der Waals surface area contributed by atoms with E-state index < -0.39 is 41.3 Å². The van der Waals surface area contributed by atoms with Crippen LogP contribution in [-0.2, 0) is 13.1 Å². The Morgan fingerprint density at radius 2 is 1.71 bits per heavy atom. The Kier molecular flexibility index (Phi) is 6.56. The molecule has 2 heterocycles. The number of benzene rings is 2. The highest BCUT2D eigenvalue weighted by Crippen LogP contribution is 2.22. The fourth-order valence-electron chi connectivity index (χ4n) is 3.44. The topological polar surface area (TPSA) is 64.7 Å². The van der Waals surface area contributed by atoms with Crippen molar-refractivity contribution in [1.29, 1.82) is 0 Å². The van der Waals surface area contributed by atoms with E-state index in [1.54, 1.807) is 18.2 Å². The molecule has 0 aliphatic heterocycles. The van der Waals surface area contributed by atoms with Crippen LogP contribution in [0.2, 0.25) is 0 Å². The molecule has 34 heavy (non-hydrogen) atoms. The van der Waals surface area contributed by atoms with Crippen LogP contribution in [0.5, 0.6) is 0 Å². The van der Waals surface area contributed by atoms with Gasteiger partial charge in [0.1, 0.15) is 0 Å². The average molecular weight is 536 g/mol. The summed E-state index contributed by atoms with van der Waals surface area (Å²) in [7, 11) is 0. The quantitative estimate of drug-likeness (QED) is 0.267. The van der Waals surface area contributed by atoms with E-state index in [9.17, 15) is 22.4 Å². The molecule has 2 aromatic heterocycles. The van der Waals surface area contributed by atoms with Crippen molar-refractivity contribution in [2.45, 2.75) is 26.9 Å². The molecule has 0 spiro atoms. The Labute approximate surface area is 200 Å². The Balaban J connectivity index is 1.47. The Bertz CT molecular complexity index is 1370. The second kappa shape index (κ2) is 9.41. The minimum absolute atomic E-state index is 0.107. The number of aryl methyl sites for hydroxylation is 1. The van der Waals surface area contributed by atoms with E-state index in [4.69, 9.17) is 0 Å². The zero-order valence-electron chi connectivity index (χ0n) is 18.0. The highest BCUT2D eigenvalue weighted by atomic mass is 79.9. The first kappa shape index (κ1) is 23.7. The first-order valence-corrected chi connectivity index (χ1v) is 10.9. The fraction of sp³-hybridized carbons (Fsp3) is 0.174. The van der Waals surface area contributed by atoms with E-state index in [1.165, 1.54) is 12.3 Å². The summed E-state index contributed by atoms with van der Waals surface area (Å²) in [5.74, 6) is -6.33. The Morgan fingerprint density at radius 3 is 2.35 bits per heavy atom. The van der Waals surface area contributed by atoms with Gasteiger partial charge < -0.3 is 5.32 Å². The van der Waals surface area contributed by atoms with E-state index in [0.29, 0.717) is 12.1 Å². The molecule has 0 atom stereocenters. The third kappa shape index (κ3) is 4.74. The monoisotopic (exact) mass is 535 g/mol. The van der Waals surface area contributed by atoms with Crippen LogP contribution in [0, 0.1) is 37.1 Å². The summed E-state index contributed by atoms with van der Waals surface area (Å²) in [4.78, 5) is 12.7. The number of carbonyl (C=O) groups is 1. The van der Waals surface area contributed by atoms with E-state index in [2.05, 4.69) is 31.4 Å². The summed E-state index contributed by atoms with van der Waals surface area (Å²) < 4.78 is 58.5. The summed E-state index contributed by atoms with van der Waals surface area (Å²) >= 11 is 3.49. The number of hydrogen-bond donors (Lipinski definition) is 1. The van der Waals surface area contributed by atoms with Crippen molar-refractivity contribution < 1.29 is 22.4 Å². The molecule has 0 radical (unpaired) electrons. The number of hydrogen-bond acceptors (Lipinski definition) is 3. The molecular formula is C23H18BrF4N5O. The molecule has 1 N–H and O–H groups in total. The molecule has 0 saturated heterocycles. The van der Waals surface area contributed by atoms with Gasteiger partial charge in [-0.3, -0.25) is 14.2 Å². The lowest BCUT2D eigenvalue weighted by atomic mass is 10.1. The highest BCUT2D eigenvalue weighted by molar-refractivity contribution is 9.10. The number of amides is 1. The van der Waals surface area contributed by atoms with Gasteiger partial charge in [0.15, 0.2) is 29.1 Å². The third-order valence-electron chi connectivity index (χ3n) is 5.22. The summed E-state index contributed by atoms with van der Waals surface area (Å²) in [6.07, 6.45) is 1.33. The van der Waals surface area contributed by atoms with Gasteiger partial charge >= 0.3 is 0 Å². The minimum atomic E-state index is -1.50. The molecule has 4 rings (SSSR count). The molecule has 176 valence electrons. The third-order valence-corrected chi connectivity index (χ3v) is 6.37. The van der Waals surface area contributed by atoms with Gasteiger partial charge in [-0.15, -0.1) is 0 Å². The molecular weight excluding hydrogens is 518 g/mol. The Hall–Kier alpha value is -3.47. The maximum absolute atomic E-state index is 13.9. The SMILES string of the molecule is Cc1nn(Cc2cccc(C(=O)Nc3ccn(Cc4c(F)c(F)cc(F)c4F)n3)c2)c(C)c1Br. The van der Waals surface area contributed by atoms with E-state index in [0.717, 1.165) is 26.1 Å². The second-order valence-electron chi connectivity index (χ2n) is 7.64. The largest absolute Gasteiger partial charge is 0.305 e. The van der Waals surface area contributed by atoms with Crippen LogP contribution in [-0.4, -0.2) is 25.5 Å². The average Bonchev–Trinajstić information content (AvgIpc) is 3.35. The van der Waals surface area contributed by atoms with Crippen molar-refractivity contribution in [3.8, 4) is 0 Å². The lowest BCUT2D eigenvalue weighted by Gasteiger charge is -2.08. The van der Waals surface area contributed by atoms with Crippen LogP contribution in [0.3, 0.4) is 0 Å². The molecule has 0 aliphatic carbocycles. The second-order valence-corrected chi connectivity index (χ2v) is 8.44. The van der Waals surface area contributed by atoms with Crippen LogP contribution >= 0.6 is 15.9 Å². The summed E-state index contributed by atoms with van der Waals surface area (Å²) in [5.41, 5.74) is 2.25. The normalized spacial score (nSPS) is 11.1. The van der Waals surface area contributed by atoms with Gasteiger partial charge in [-0.05, 0) is 47.5 Å². The number of halogens is 5. The van der Waals surface area contributed by atoms with Crippen molar-refractivity contribution in [2.75, 3.05) is 5.32 Å². The van der Waals surface area contributed by atoms with Crippen molar-refractivity contribution >= 4 is 27.7 Å². The van der Waals surface area contributed by atoms with E-state index >= 15 is 0 Å². The number of aromatic nitrogens is 4. The number of rotatable bonds is 6. The summed E-state index contributed by atoms with van der Waals surface area (Å²) in [6, 6.07) is 8.51. The van der Waals surface area contributed by atoms with Gasteiger partial charge in [-0.25, -0.2) is 17.6 Å². The van der Waals surface area contributed by atoms with Gasteiger partial charge in [0.2, 0.25) is 0 Å². The van der Waals surface area contributed by atoms with Crippen LogP contribution in [0.25, 0.3) is 0 Å². The van der Waals surface area contributed by atoms with E-state index in [-0.39, 0.29) is 11.9 Å². The lowest BCUT2D eigenvalue weighted by Crippen LogP contribution is -2.14. The van der Waals surface area contributed by atoms with Crippen LogP contribution < -0.4 is 5.32 Å². The minimum Gasteiger partial charge on any atom is -0.305 e. The van der Waals surface area contributed by atoms with Gasteiger partial charge in [-0.2, -0.15) is 10.2 Å². The first-order chi connectivity index (χ1) is 16.1. The van der Waals surface area contributed by atoms with Gasteiger partial charge in [0.25, 0.3) is 5.91 Å².